The summed E-state index contributed by atoms with van der Waals surface area (Å²) >= 11 is 5.01. The predicted molar refractivity (Wildman–Crippen MR) is 105 cm³/mol. The molecular formula is C19H19BrN2O2S. The largest absolute Gasteiger partial charge is 0.383 e. The van der Waals surface area contributed by atoms with Crippen molar-refractivity contribution in [3.63, 3.8) is 0 Å². The molecule has 0 saturated heterocycles. The van der Waals surface area contributed by atoms with Crippen LogP contribution in [0.25, 0.3) is 10.2 Å². The Morgan fingerprint density at radius 3 is 2.72 bits per heavy atom. The molecule has 0 saturated carbocycles. The summed E-state index contributed by atoms with van der Waals surface area (Å²) in [4.78, 5) is 17.5. The number of methoxy groups -OCH3 is 1. The van der Waals surface area contributed by atoms with Crippen LogP contribution in [0.4, 0.5) is 0 Å². The molecule has 130 valence electrons. The number of nitrogens with zero attached hydrogens (tertiary/aromatic N) is 2. The number of aryl methyl sites for hydroxylation is 1. The highest BCUT2D eigenvalue weighted by Crippen LogP contribution is 2.22. The van der Waals surface area contributed by atoms with Crippen LogP contribution in [0.5, 0.6) is 0 Å². The molecule has 0 spiro atoms. The highest BCUT2D eigenvalue weighted by molar-refractivity contribution is 9.10. The predicted octanol–water partition coefficient (Wildman–Crippen LogP) is 4.09. The maximum atomic E-state index is 12.4. The van der Waals surface area contributed by atoms with Gasteiger partial charge >= 0.3 is 0 Å². The van der Waals surface area contributed by atoms with Gasteiger partial charge in [0.15, 0.2) is 4.80 Å². The first-order valence-electron chi connectivity index (χ1n) is 7.98. The molecule has 0 aliphatic heterocycles. The molecule has 3 aromatic rings. The smallest absolute Gasteiger partial charge is 0.252 e. The summed E-state index contributed by atoms with van der Waals surface area (Å²) in [6.07, 6.45) is 0.308. The monoisotopic (exact) mass is 418 g/mol. The quantitative estimate of drug-likeness (QED) is 0.625. The lowest BCUT2D eigenvalue weighted by Gasteiger charge is -2.04. The molecule has 0 aliphatic rings. The van der Waals surface area contributed by atoms with Crippen LogP contribution in [-0.4, -0.2) is 24.2 Å². The van der Waals surface area contributed by atoms with Crippen LogP contribution >= 0.6 is 27.3 Å². The first-order valence-corrected chi connectivity index (χ1v) is 9.58. The molecule has 25 heavy (non-hydrogen) atoms. The molecule has 4 nitrogen and oxygen atoms in total. The highest BCUT2D eigenvalue weighted by atomic mass is 79.9. The van der Waals surface area contributed by atoms with Crippen molar-refractivity contribution in [2.24, 2.45) is 4.99 Å². The molecule has 0 aliphatic carbocycles. The third-order valence-electron chi connectivity index (χ3n) is 3.86. The van der Waals surface area contributed by atoms with Gasteiger partial charge in [0.2, 0.25) is 0 Å². The Bertz CT molecular complexity index is 958. The van der Waals surface area contributed by atoms with Gasteiger partial charge in [0, 0.05) is 18.1 Å². The van der Waals surface area contributed by atoms with E-state index in [-0.39, 0.29) is 5.91 Å². The van der Waals surface area contributed by atoms with Gasteiger partial charge in [-0.3, -0.25) is 4.79 Å². The summed E-state index contributed by atoms with van der Waals surface area (Å²) in [7, 11) is 1.67. The average molecular weight is 419 g/mol. The lowest BCUT2D eigenvalue weighted by Crippen LogP contribution is -2.19. The first-order chi connectivity index (χ1) is 12.1. The first kappa shape index (κ1) is 18.0. The zero-order valence-electron chi connectivity index (χ0n) is 14.2. The normalized spacial score (nSPS) is 12.0. The molecular weight excluding hydrogens is 400 g/mol. The van der Waals surface area contributed by atoms with Crippen molar-refractivity contribution in [1.29, 1.82) is 0 Å². The van der Waals surface area contributed by atoms with Crippen molar-refractivity contribution in [1.82, 2.24) is 4.57 Å². The fourth-order valence-corrected chi connectivity index (χ4v) is 4.18. The third kappa shape index (κ3) is 4.45. The minimum absolute atomic E-state index is 0.138. The van der Waals surface area contributed by atoms with Crippen LogP contribution in [0.3, 0.4) is 0 Å². The van der Waals surface area contributed by atoms with Crippen LogP contribution in [-0.2, 0) is 22.5 Å². The second-order valence-corrected chi connectivity index (χ2v) is 7.73. The van der Waals surface area contributed by atoms with Crippen molar-refractivity contribution in [2.45, 2.75) is 19.9 Å². The number of carbonyl (C=O) groups is 1. The summed E-state index contributed by atoms with van der Waals surface area (Å²) in [6, 6.07) is 14.1. The van der Waals surface area contributed by atoms with E-state index in [4.69, 9.17) is 4.74 Å². The standard InChI is InChI=1S/C19H19BrN2O2S/c1-13-3-5-14(6-4-13)11-18(23)21-19-22(9-10-24-2)16-8-7-15(20)12-17(16)25-19/h3-8,12H,9-11H2,1-2H3. The molecule has 0 fully saturated rings. The number of ether oxygens (including phenoxy) is 1. The van der Waals surface area contributed by atoms with E-state index >= 15 is 0 Å². The van der Waals surface area contributed by atoms with E-state index in [1.807, 2.05) is 54.0 Å². The highest BCUT2D eigenvalue weighted by Gasteiger charge is 2.09. The van der Waals surface area contributed by atoms with Crippen LogP contribution in [0.2, 0.25) is 0 Å². The molecule has 0 unspecified atom stereocenters. The topological polar surface area (TPSA) is 43.6 Å². The molecule has 2 aromatic carbocycles. The number of hydrogen-bond donors (Lipinski definition) is 0. The van der Waals surface area contributed by atoms with Crippen molar-refractivity contribution < 1.29 is 9.53 Å². The molecule has 1 heterocycles. The maximum absolute atomic E-state index is 12.4. The van der Waals surface area contributed by atoms with E-state index in [1.165, 1.54) is 16.9 Å². The number of halogens is 1. The molecule has 6 heteroatoms. The molecule has 3 rings (SSSR count). The Hall–Kier alpha value is -1.76. The Morgan fingerprint density at radius 2 is 2.00 bits per heavy atom. The second kappa shape index (κ2) is 8.08. The minimum atomic E-state index is -0.138. The zero-order valence-corrected chi connectivity index (χ0v) is 16.6. The summed E-state index contributed by atoms with van der Waals surface area (Å²) in [5.41, 5.74) is 3.22. The van der Waals surface area contributed by atoms with Gasteiger partial charge in [-0.05, 0) is 30.7 Å². The van der Waals surface area contributed by atoms with Gasteiger partial charge in [-0.25, -0.2) is 0 Å². The van der Waals surface area contributed by atoms with E-state index in [9.17, 15) is 4.79 Å². The molecule has 0 radical (unpaired) electrons. The van der Waals surface area contributed by atoms with Crippen molar-refractivity contribution in [3.8, 4) is 0 Å². The third-order valence-corrected chi connectivity index (χ3v) is 5.39. The summed E-state index contributed by atoms with van der Waals surface area (Å²) in [5, 5.41) is 0. The molecule has 0 atom stereocenters. The van der Waals surface area contributed by atoms with Gasteiger partial charge < -0.3 is 9.30 Å². The second-order valence-electron chi connectivity index (χ2n) is 5.81. The number of carbonyl (C=O) groups excluding carboxylic acids is 1. The van der Waals surface area contributed by atoms with Gasteiger partial charge in [0.1, 0.15) is 0 Å². The van der Waals surface area contributed by atoms with E-state index in [0.29, 0.717) is 24.4 Å². The number of fused-ring (bicyclic) bond motifs is 1. The minimum Gasteiger partial charge on any atom is -0.383 e. The van der Waals surface area contributed by atoms with Crippen molar-refractivity contribution in [2.75, 3.05) is 13.7 Å². The Labute approximate surface area is 158 Å². The number of rotatable bonds is 5. The lowest BCUT2D eigenvalue weighted by atomic mass is 10.1. The number of thiazole rings is 1. The molecule has 0 bridgehead atoms. The molecule has 1 amide bonds. The van der Waals surface area contributed by atoms with Crippen molar-refractivity contribution in [3.05, 3.63) is 62.9 Å². The zero-order chi connectivity index (χ0) is 17.8. The maximum Gasteiger partial charge on any atom is 0.252 e. The van der Waals surface area contributed by atoms with Gasteiger partial charge in [0.05, 0.1) is 23.2 Å². The van der Waals surface area contributed by atoms with Gasteiger partial charge in [0.25, 0.3) is 5.91 Å². The SMILES string of the molecule is COCCn1c(=NC(=O)Cc2ccc(C)cc2)sc2cc(Br)ccc21. The lowest BCUT2D eigenvalue weighted by molar-refractivity contribution is -0.117. The van der Waals surface area contributed by atoms with Crippen LogP contribution in [0.1, 0.15) is 11.1 Å². The fraction of sp³-hybridized carbons (Fsp3) is 0.263. The van der Waals surface area contributed by atoms with Gasteiger partial charge in [-0.1, -0.05) is 57.1 Å². The van der Waals surface area contributed by atoms with E-state index in [0.717, 1.165) is 20.3 Å². The Balaban J connectivity index is 1.96. The number of benzene rings is 2. The summed E-state index contributed by atoms with van der Waals surface area (Å²) in [6.45, 7) is 3.26. The van der Waals surface area contributed by atoms with Crippen molar-refractivity contribution >= 4 is 43.4 Å². The van der Waals surface area contributed by atoms with E-state index in [1.54, 1.807) is 7.11 Å². The Morgan fingerprint density at radius 1 is 1.24 bits per heavy atom. The van der Waals surface area contributed by atoms with Crippen LogP contribution in [0.15, 0.2) is 51.9 Å². The van der Waals surface area contributed by atoms with E-state index in [2.05, 4.69) is 20.9 Å². The van der Waals surface area contributed by atoms with Crippen LogP contribution in [0, 0.1) is 6.92 Å². The number of aromatic nitrogens is 1. The van der Waals surface area contributed by atoms with Gasteiger partial charge in [-0.15, -0.1) is 0 Å². The summed E-state index contributed by atoms with van der Waals surface area (Å²) in [5.74, 6) is -0.138. The number of amides is 1. The van der Waals surface area contributed by atoms with E-state index < -0.39 is 0 Å². The Kier molecular flexibility index (Phi) is 5.83. The summed E-state index contributed by atoms with van der Waals surface area (Å²) < 4.78 is 9.35. The average Bonchev–Trinajstić information content (AvgIpc) is 2.91. The molecule has 1 aromatic heterocycles. The fourth-order valence-electron chi connectivity index (χ4n) is 2.56. The molecule has 0 N–H and O–H groups in total. The van der Waals surface area contributed by atoms with Gasteiger partial charge in [-0.2, -0.15) is 4.99 Å². The number of hydrogen-bond acceptors (Lipinski definition) is 3. The van der Waals surface area contributed by atoms with Crippen LogP contribution < -0.4 is 4.80 Å².